The van der Waals surface area contributed by atoms with Crippen LogP contribution in [0.2, 0.25) is 0 Å². The van der Waals surface area contributed by atoms with Gasteiger partial charge in [0.25, 0.3) is 11.9 Å². The number of carbonyl (C=O) groups is 2. The Hall–Kier alpha value is -2.91. The summed E-state index contributed by atoms with van der Waals surface area (Å²) in [6.45, 7) is 0. The number of nitrogens with zero attached hydrogens (tertiary/aromatic N) is 1. The van der Waals surface area contributed by atoms with Crippen molar-refractivity contribution < 1.29 is 18.7 Å². The van der Waals surface area contributed by atoms with E-state index in [-0.39, 0.29) is 5.95 Å². The molecule has 0 unspecified atom stereocenters. The zero-order valence-corrected chi connectivity index (χ0v) is 17.9. The molecule has 2 heterocycles. The molecule has 29 heavy (non-hydrogen) atoms. The van der Waals surface area contributed by atoms with E-state index in [9.17, 15) is 9.59 Å². The highest BCUT2D eigenvalue weighted by molar-refractivity contribution is 9.13. The second-order valence-electron chi connectivity index (χ2n) is 6.00. The maximum absolute atomic E-state index is 12.7. The zero-order valence-electron chi connectivity index (χ0n) is 14.7. The topological polar surface area (TPSA) is 92.9 Å². The summed E-state index contributed by atoms with van der Waals surface area (Å²) >= 11 is 6.40. The van der Waals surface area contributed by atoms with Crippen LogP contribution in [0, 0.1) is 0 Å². The molecule has 0 fully saturated rings. The number of hydrogen-bond acceptors (Lipinski definition) is 5. The van der Waals surface area contributed by atoms with Crippen LogP contribution in [0.25, 0.3) is 0 Å². The van der Waals surface area contributed by atoms with Crippen molar-refractivity contribution in [3.63, 3.8) is 0 Å². The number of halogens is 2. The van der Waals surface area contributed by atoms with E-state index >= 15 is 0 Å². The minimum absolute atomic E-state index is 0.0363. The lowest BCUT2D eigenvalue weighted by atomic mass is 10.0. The Labute approximate surface area is 182 Å². The average molecular weight is 519 g/mol. The fraction of sp³-hybridized carbons (Fsp3) is 0.0500. The predicted octanol–water partition coefficient (Wildman–Crippen LogP) is 4.71. The molecule has 1 atom stereocenters. The smallest absolute Gasteiger partial charge is 0.417 e. The van der Waals surface area contributed by atoms with E-state index in [2.05, 4.69) is 47.5 Å². The third-order valence-corrected chi connectivity index (χ3v) is 5.77. The summed E-state index contributed by atoms with van der Waals surface area (Å²) in [7, 11) is 0. The average Bonchev–Trinajstić information content (AvgIpc) is 2.95. The predicted molar refractivity (Wildman–Crippen MR) is 114 cm³/mol. The summed E-state index contributed by atoms with van der Waals surface area (Å²) in [5.41, 5.74) is 2.75. The molecular weight excluding hydrogens is 506 g/mol. The summed E-state index contributed by atoms with van der Waals surface area (Å²) in [5, 5.41) is 5.26. The first-order valence-electron chi connectivity index (χ1n) is 8.48. The molecule has 1 aliphatic rings. The number of hydrogen-bond donors (Lipinski definition) is 2. The Balaban J connectivity index is 1.64. The summed E-state index contributed by atoms with van der Waals surface area (Å²) < 4.78 is 11.3. The molecule has 1 aliphatic heterocycles. The molecule has 0 bridgehead atoms. The van der Waals surface area contributed by atoms with Gasteiger partial charge in [-0.2, -0.15) is 0 Å². The minimum Gasteiger partial charge on any atom is -0.417 e. The summed E-state index contributed by atoms with van der Waals surface area (Å²) in [5.74, 6) is -0.520. The Morgan fingerprint density at radius 1 is 1.10 bits per heavy atom. The van der Waals surface area contributed by atoms with E-state index < -0.39 is 18.2 Å². The van der Waals surface area contributed by atoms with E-state index in [0.717, 1.165) is 11.1 Å². The fourth-order valence-corrected chi connectivity index (χ4v) is 3.33. The fourth-order valence-electron chi connectivity index (χ4n) is 2.79. The minimum atomic E-state index is -1.19. The number of benzene rings is 2. The quantitative estimate of drug-likeness (QED) is 0.525. The number of nitrogens with one attached hydrogen (secondary N) is 2. The summed E-state index contributed by atoms with van der Waals surface area (Å²) in [4.78, 5) is 29.5. The highest BCUT2D eigenvalue weighted by atomic mass is 79.9. The van der Waals surface area contributed by atoms with Crippen LogP contribution in [0.3, 0.4) is 0 Å². The van der Waals surface area contributed by atoms with Crippen LogP contribution in [0.1, 0.15) is 11.1 Å². The molecule has 2 aromatic carbocycles. The van der Waals surface area contributed by atoms with Gasteiger partial charge < -0.3 is 14.5 Å². The molecule has 146 valence electrons. The van der Waals surface area contributed by atoms with Crippen molar-refractivity contribution in [2.24, 2.45) is 4.99 Å². The standard InChI is InChI=1S/C20H13Br2N3O4/c21-13-10-15(28-17(13)22)29-20(27)25-18-19(26)23-14-9-5-4-8-12(14)16(24-18)11-6-2-1-3-7-11/h1-10,18H,(H,23,26)(H,25,27)/t18-/m1/s1. The van der Waals surface area contributed by atoms with Gasteiger partial charge in [0.1, 0.15) is 0 Å². The number of carbonyl (C=O) groups excluding carboxylic acids is 2. The normalized spacial score (nSPS) is 15.6. The Bertz CT molecular complexity index is 1090. The number of anilines is 1. The summed E-state index contributed by atoms with van der Waals surface area (Å²) in [6.07, 6.45) is -2.06. The first-order chi connectivity index (χ1) is 14.0. The molecule has 7 nitrogen and oxygen atoms in total. The van der Waals surface area contributed by atoms with Gasteiger partial charge in [0, 0.05) is 17.2 Å². The first-order valence-corrected chi connectivity index (χ1v) is 10.1. The molecule has 0 spiro atoms. The van der Waals surface area contributed by atoms with Gasteiger partial charge in [0.15, 0.2) is 4.67 Å². The maximum Gasteiger partial charge on any atom is 0.417 e. The number of ether oxygens (including phenoxy) is 1. The monoisotopic (exact) mass is 517 g/mol. The van der Waals surface area contributed by atoms with Crippen molar-refractivity contribution in [1.29, 1.82) is 0 Å². The van der Waals surface area contributed by atoms with Crippen LogP contribution in [-0.4, -0.2) is 23.9 Å². The van der Waals surface area contributed by atoms with Gasteiger partial charge in [-0.15, -0.1) is 0 Å². The number of para-hydroxylation sites is 1. The summed E-state index contributed by atoms with van der Waals surface area (Å²) in [6, 6.07) is 18.2. The van der Waals surface area contributed by atoms with E-state index in [4.69, 9.17) is 9.15 Å². The van der Waals surface area contributed by atoms with E-state index in [1.54, 1.807) is 6.07 Å². The maximum atomic E-state index is 12.7. The van der Waals surface area contributed by atoms with Crippen molar-refractivity contribution in [1.82, 2.24) is 5.32 Å². The van der Waals surface area contributed by atoms with Gasteiger partial charge in [0.05, 0.1) is 15.9 Å². The van der Waals surface area contributed by atoms with Crippen molar-refractivity contribution >= 4 is 55.3 Å². The SMILES string of the molecule is O=C(N[C@H]1N=C(c2ccccc2)c2ccccc2NC1=O)Oc1cc(Br)c(Br)o1. The van der Waals surface area contributed by atoms with Crippen LogP contribution < -0.4 is 15.4 Å². The highest BCUT2D eigenvalue weighted by Gasteiger charge is 2.28. The number of furan rings is 1. The van der Waals surface area contributed by atoms with Crippen molar-refractivity contribution in [2.75, 3.05) is 5.32 Å². The van der Waals surface area contributed by atoms with E-state index in [0.29, 0.717) is 20.5 Å². The molecule has 0 saturated carbocycles. The van der Waals surface area contributed by atoms with Gasteiger partial charge in [-0.3, -0.25) is 10.1 Å². The number of rotatable bonds is 3. The van der Waals surface area contributed by atoms with Gasteiger partial charge >= 0.3 is 6.09 Å². The van der Waals surface area contributed by atoms with Crippen molar-refractivity contribution in [3.05, 3.63) is 80.9 Å². The molecule has 3 aromatic rings. The highest BCUT2D eigenvalue weighted by Crippen LogP contribution is 2.31. The molecule has 0 aliphatic carbocycles. The lowest BCUT2D eigenvalue weighted by Crippen LogP contribution is -2.43. The molecule has 2 N–H and O–H groups in total. The third kappa shape index (κ3) is 4.25. The molecule has 2 amide bonds. The van der Waals surface area contributed by atoms with Crippen LogP contribution in [0.4, 0.5) is 10.5 Å². The lowest BCUT2D eigenvalue weighted by molar-refractivity contribution is -0.117. The molecular formula is C20H13Br2N3O4. The zero-order chi connectivity index (χ0) is 20.4. The number of benzodiazepines with no additional fused rings is 1. The Morgan fingerprint density at radius 2 is 1.83 bits per heavy atom. The van der Waals surface area contributed by atoms with Crippen LogP contribution in [0.15, 0.2) is 79.2 Å². The second kappa shape index (κ2) is 8.22. The van der Waals surface area contributed by atoms with Crippen LogP contribution >= 0.6 is 31.9 Å². The Kier molecular flexibility index (Phi) is 5.50. The molecule has 9 heteroatoms. The van der Waals surface area contributed by atoms with E-state index in [1.807, 2.05) is 48.5 Å². The molecule has 1 aromatic heterocycles. The van der Waals surface area contributed by atoms with Crippen molar-refractivity contribution in [2.45, 2.75) is 6.17 Å². The van der Waals surface area contributed by atoms with Gasteiger partial charge in [0.2, 0.25) is 6.17 Å². The second-order valence-corrected chi connectivity index (χ2v) is 7.58. The van der Waals surface area contributed by atoms with Crippen LogP contribution in [0.5, 0.6) is 5.95 Å². The van der Waals surface area contributed by atoms with Gasteiger partial charge in [-0.25, -0.2) is 9.79 Å². The van der Waals surface area contributed by atoms with Crippen LogP contribution in [-0.2, 0) is 4.79 Å². The van der Waals surface area contributed by atoms with Crippen molar-refractivity contribution in [3.8, 4) is 5.95 Å². The molecule has 0 saturated heterocycles. The number of aliphatic imine (C=N–C) groups is 1. The largest absolute Gasteiger partial charge is 0.417 e. The molecule has 4 rings (SSSR count). The molecule has 0 radical (unpaired) electrons. The van der Waals surface area contributed by atoms with Gasteiger partial charge in [-0.05, 0) is 37.9 Å². The van der Waals surface area contributed by atoms with E-state index in [1.165, 1.54) is 6.07 Å². The van der Waals surface area contributed by atoms with Gasteiger partial charge in [-0.1, -0.05) is 48.5 Å². The number of fused-ring (bicyclic) bond motifs is 1. The first kappa shape index (κ1) is 19.4. The number of amides is 2. The Morgan fingerprint density at radius 3 is 2.55 bits per heavy atom. The third-order valence-electron chi connectivity index (χ3n) is 4.06. The lowest BCUT2D eigenvalue weighted by Gasteiger charge is -2.12.